The molecule has 0 aromatic heterocycles. The van der Waals surface area contributed by atoms with Gasteiger partial charge in [-0.1, -0.05) is 80.4 Å². The maximum atomic E-state index is 11.9. The van der Waals surface area contributed by atoms with E-state index in [9.17, 15) is 5.11 Å². The molecular weight excluding hydrogens is 294 g/mol. The van der Waals surface area contributed by atoms with Gasteiger partial charge in [0.05, 0.1) is 5.60 Å². The van der Waals surface area contributed by atoms with E-state index in [-0.39, 0.29) is 5.92 Å². The molecule has 3 atom stereocenters. The molecule has 1 fully saturated rings. The van der Waals surface area contributed by atoms with Crippen LogP contribution in [0.15, 0.2) is 60.7 Å². The molecule has 1 saturated heterocycles. The molecule has 0 bridgehead atoms. The van der Waals surface area contributed by atoms with Gasteiger partial charge >= 0.3 is 0 Å². The van der Waals surface area contributed by atoms with Gasteiger partial charge in [0, 0.05) is 12.0 Å². The van der Waals surface area contributed by atoms with Crippen molar-refractivity contribution >= 4 is 0 Å². The highest BCUT2D eigenvalue weighted by atomic mass is 16.3. The lowest BCUT2D eigenvalue weighted by Crippen LogP contribution is -2.48. The fourth-order valence-electron chi connectivity index (χ4n) is 4.25. The highest BCUT2D eigenvalue weighted by molar-refractivity contribution is 5.33. The second kappa shape index (κ2) is 7.96. The van der Waals surface area contributed by atoms with Crippen molar-refractivity contribution in [2.75, 3.05) is 6.54 Å². The Labute approximate surface area is 145 Å². The van der Waals surface area contributed by atoms with Gasteiger partial charge in [-0.2, -0.15) is 0 Å². The Morgan fingerprint density at radius 1 is 1.04 bits per heavy atom. The Bertz CT molecular complexity index is 606. The number of piperidine rings is 1. The van der Waals surface area contributed by atoms with Crippen molar-refractivity contribution in [3.8, 4) is 0 Å². The Kier molecular flexibility index (Phi) is 5.70. The Hall–Kier alpha value is -1.64. The van der Waals surface area contributed by atoms with Gasteiger partial charge in [0.15, 0.2) is 0 Å². The average Bonchev–Trinajstić information content (AvgIpc) is 2.65. The number of aliphatic hydroxyl groups is 1. The first-order valence-electron chi connectivity index (χ1n) is 9.32. The molecule has 0 amide bonds. The van der Waals surface area contributed by atoms with Crippen LogP contribution in [0.2, 0.25) is 0 Å². The van der Waals surface area contributed by atoms with Crippen LogP contribution in [0.4, 0.5) is 0 Å². The third kappa shape index (κ3) is 3.55. The van der Waals surface area contributed by atoms with Crippen molar-refractivity contribution in [3.05, 3.63) is 71.8 Å². The van der Waals surface area contributed by atoms with Crippen LogP contribution in [0.3, 0.4) is 0 Å². The zero-order chi connectivity index (χ0) is 16.8. The predicted molar refractivity (Wildman–Crippen MR) is 100 cm³/mol. The number of hydrogen-bond acceptors (Lipinski definition) is 2. The van der Waals surface area contributed by atoms with Gasteiger partial charge in [0.25, 0.3) is 0 Å². The molecule has 2 nitrogen and oxygen atoms in total. The minimum Gasteiger partial charge on any atom is -0.384 e. The lowest BCUT2D eigenvalue weighted by Gasteiger charge is -2.43. The number of nitrogens with one attached hydrogen (secondary N) is 1. The summed E-state index contributed by atoms with van der Waals surface area (Å²) < 4.78 is 0. The monoisotopic (exact) mass is 323 g/mol. The zero-order valence-corrected chi connectivity index (χ0v) is 14.6. The second-order valence-corrected chi connectivity index (χ2v) is 6.99. The molecule has 3 rings (SSSR count). The summed E-state index contributed by atoms with van der Waals surface area (Å²) in [5, 5.41) is 15.6. The van der Waals surface area contributed by atoms with Crippen LogP contribution in [0, 0.1) is 0 Å². The quantitative estimate of drug-likeness (QED) is 0.814. The van der Waals surface area contributed by atoms with Gasteiger partial charge in [-0.05, 0) is 36.9 Å². The molecule has 0 spiro atoms. The molecular formula is C22H29NO. The van der Waals surface area contributed by atoms with E-state index in [4.69, 9.17) is 0 Å². The van der Waals surface area contributed by atoms with E-state index in [0.29, 0.717) is 6.04 Å². The topological polar surface area (TPSA) is 32.3 Å². The van der Waals surface area contributed by atoms with E-state index < -0.39 is 5.60 Å². The molecule has 1 aliphatic heterocycles. The summed E-state index contributed by atoms with van der Waals surface area (Å²) in [6.07, 6.45) is 5.32. The van der Waals surface area contributed by atoms with Crippen molar-refractivity contribution in [1.29, 1.82) is 0 Å². The Balaban J connectivity index is 2.06. The van der Waals surface area contributed by atoms with Gasteiger partial charge in [-0.25, -0.2) is 0 Å². The molecule has 1 aliphatic rings. The smallest absolute Gasteiger partial charge is 0.0979 e. The van der Waals surface area contributed by atoms with Gasteiger partial charge in [-0.15, -0.1) is 0 Å². The van der Waals surface area contributed by atoms with Gasteiger partial charge in [-0.3, -0.25) is 0 Å². The highest BCUT2D eigenvalue weighted by Gasteiger charge is 2.43. The number of rotatable bonds is 6. The molecule has 0 aliphatic carbocycles. The lowest BCUT2D eigenvalue weighted by atomic mass is 9.69. The first-order valence-corrected chi connectivity index (χ1v) is 9.32. The molecule has 0 saturated carbocycles. The van der Waals surface area contributed by atoms with Crippen molar-refractivity contribution in [2.24, 2.45) is 0 Å². The number of hydrogen-bond donors (Lipinski definition) is 2. The summed E-state index contributed by atoms with van der Waals surface area (Å²) in [6.45, 7) is 3.20. The highest BCUT2D eigenvalue weighted by Crippen LogP contribution is 2.44. The minimum atomic E-state index is -0.841. The summed E-state index contributed by atoms with van der Waals surface area (Å²) in [5.41, 5.74) is 1.43. The molecule has 2 N–H and O–H groups in total. The van der Waals surface area contributed by atoms with E-state index in [1.165, 1.54) is 18.4 Å². The van der Waals surface area contributed by atoms with Crippen molar-refractivity contribution in [2.45, 2.75) is 56.6 Å². The van der Waals surface area contributed by atoms with Gasteiger partial charge in [0.1, 0.15) is 0 Å². The molecule has 1 heterocycles. The SMILES string of the molecule is CCCC(O)(c1ccccc1)C(c1ccccc1)C1CCCCN1. The van der Waals surface area contributed by atoms with Crippen LogP contribution < -0.4 is 5.32 Å². The standard InChI is InChI=1S/C22H29NO/c1-2-16-22(24,19-13-7-4-8-14-19)21(18-11-5-3-6-12-18)20-15-9-10-17-23-20/h3-8,11-14,20-21,23-24H,2,9-10,15-17H2,1H3. The normalized spacial score (nSPS) is 21.8. The Morgan fingerprint density at radius 2 is 1.71 bits per heavy atom. The van der Waals surface area contributed by atoms with Crippen LogP contribution >= 0.6 is 0 Å². The van der Waals surface area contributed by atoms with Crippen LogP contribution in [-0.4, -0.2) is 17.7 Å². The molecule has 2 aromatic carbocycles. The first kappa shape index (κ1) is 17.2. The third-order valence-electron chi connectivity index (χ3n) is 5.33. The van der Waals surface area contributed by atoms with Crippen LogP contribution in [0.25, 0.3) is 0 Å². The molecule has 0 radical (unpaired) electrons. The summed E-state index contributed by atoms with van der Waals surface area (Å²) in [4.78, 5) is 0. The van der Waals surface area contributed by atoms with Crippen molar-refractivity contribution in [1.82, 2.24) is 5.32 Å². The lowest BCUT2D eigenvalue weighted by molar-refractivity contribution is -0.0177. The van der Waals surface area contributed by atoms with Gasteiger partial charge < -0.3 is 10.4 Å². The van der Waals surface area contributed by atoms with E-state index in [0.717, 1.165) is 31.4 Å². The summed E-state index contributed by atoms with van der Waals surface area (Å²) in [7, 11) is 0. The average molecular weight is 323 g/mol. The summed E-state index contributed by atoms with van der Waals surface area (Å²) >= 11 is 0. The van der Waals surface area contributed by atoms with Crippen LogP contribution in [0.1, 0.15) is 56.1 Å². The molecule has 2 heteroatoms. The van der Waals surface area contributed by atoms with E-state index in [1.54, 1.807) is 0 Å². The fourth-order valence-corrected chi connectivity index (χ4v) is 4.25. The second-order valence-electron chi connectivity index (χ2n) is 6.99. The minimum absolute atomic E-state index is 0.0707. The van der Waals surface area contributed by atoms with E-state index in [2.05, 4.69) is 54.7 Å². The molecule has 3 unspecified atom stereocenters. The van der Waals surface area contributed by atoms with E-state index >= 15 is 0 Å². The van der Waals surface area contributed by atoms with Crippen molar-refractivity contribution in [3.63, 3.8) is 0 Å². The van der Waals surface area contributed by atoms with Gasteiger partial charge in [0.2, 0.25) is 0 Å². The summed E-state index contributed by atoms with van der Waals surface area (Å²) in [5.74, 6) is 0.0707. The van der Waals surface area contributed by atoms with E-state index in [1.807, 2.05) is 18.2 Å². The molecule has 24 heavy (non-hydrogen) atoms. The van der Waals surface area contributed by atoms with Crippen LogP contribution in [-0.2, 0) is 5.60 Å². The fraction of sp³-hybridized carbons (Fsp3) is 0.455. The third-order valence-corrected chi connectivity index (χ3v) is 5.33. The first-order chi connectivity index (χ1) is 11.8. The molecule has 128 valence electrons. The summed E-state index contributed by atoms with van der Waals surface area (Å²) in [6, 6.07) is 21.1. The van der Waals surface area contributed by atoms with Crippen LogP contribution in [0.5, 0.6) is 0 Å². The maximum absolute atomic E-state index is 11.9. The maximum Gasteiger partial charge on any atom is 0.0979 e. The predicted octanol–water partition coefficient (Wildman–Crippen LogP) is 4.60. The number of benzene rings is 2. The molecule has 2 aromatic rings. The Morgan fingerprint density at radius 3 is 2.29 bits per heavy atom. The largest absolute Gasteiger partial charge is 0.384 e. The zero-order valence-electron chi connectivity index (χ0n) is 14.6. The van der Waals surface area contributed by atoms with Crippen molar-refractivity contribution < 1.29 is 5.11 Å².